The Bertz CT molecular complexity index is 265. The molecule has 1 aromatic rings. The van der Waals surface area contributed by atoms with Gasteiger partial charge in [0, 0.05) is 4.47 Å². The van der Waals surface area contributed by atoms with E-state index >= 15 is 0 Å². The Hall–Kier alpha value is 0.0100. The molecule has 0 heterocycles. The van der Waals surface area contributed by atoms with Crippen molar-refractivity contribution in [2.24, 2.45) is 5.50 Å². The lowest BCUT2D eigenvalue weighted by molar-refractivity contribution is 0.226. The van der Waals surface area contributed by atoms with Gasteiger partial charge >= 0.3 is 0 Å². The van der Waals surface area contributed by atoms with E-state index in [1.807, 2.05) is 31.2 Å². The minimum atomic E-state index is -1.78. The van der Waals surface area contributed by atoms with E-state index in [0.29, 0.717) is 0 Å². The molecule has 5 heteroatoms. The molecular weight excluding hydrogens is 253 g/mol. The minimum Gasteiger partial charge on any atom is -0.338 e. The molecule has 3 nitrogen and oxygen atoms in total. The van der Waals surface area contributed by atoms with Crippen LogP contribution in [-0.4, -0.2) is 4.89 Å². The maximum absolute atomic E-state index is 8.85. The third-order valence-corrected chi connectivity index (χ3v) is 2.67. The average molecular weight is 264 g/mol. The van der Waals surface area contributed by atoms with Crippen molar-refractivity contribution in [2.45, 2.75) is 13.0 Å². The van der Waals surface area contributed by atoms with Crippen molar-refractivity contribution in [2.75, 3.05) is 0 Å². The largest absolute Gasteiger partial charge is 0.338 e. The molecule has 72 valence electrons. The SMILES string of the molecule is CC(OP(N)O)c1ccc(Br)cc1. The van der Waals surface area contributed by atoms with E-state index in [1.165, 1.54) is 0 Å². The minimum absolute atomic E-state index is 0.172. The number of benzene rings is 1. The van der Waals surface area contributed by atoms with E-state index in [9.17, 15) is 0 Å². The van der Waals surface area contributed by atoms with Crippen LogP contribution in [0.2, 0.25) is 0 Å². The summed E-state index contributed by atoms with van der Waals surface area (Å²) in [6.07, 6.45) is -0.172. The molecule has 0 aliphatic carbocycles. The van der Waals surface area contributed by atoms with Gasteiger partial charge in [0.2, 0.25) is 0 Å². The van der Waals surface area contributed by atoms with Gasteiger partial charge in [-0.1, -0.05) is 28.1 Å². The molecule has 1 aromatic carbocycles. The molecule has 0 saturated carbocycles. The van der Waals surface area contributed by atoms with Crippen LogP contribution in [0.15, 0.2) is 28.7 Å². The number of hydrogen-bond donors (Lipinski definition) is 2. The van der Waals surface area contributed by atoms with Crippen molar-refractivity contribution in [3.05, 3.63) is 34.3 Å². The van der Waals surface area contributed by atoms with E-state index in [1.54, 1.807) is 0 Å². The van der Waals surface area contributed by atoms with Crippen LogP contribution in [0.3, 0.4) is 0 Å². The molecule has 0 bridgehead atoms. The molecular formula is C8H11BrNO2P. The zero-order chi connectivity index (χ0) is 9.84. The Kier molecular flexibility index (Phi) is 4.29. The molecule has 0 aromatic heterocycles. The van der Waals surface area contributed by atoms with Crippen molar-refractivity contribution in [3.63, 3.8) is 0 Å². The monoisotopic (exact) mass is 263 g/mol. The third-order valence-electron chi connectivity index (χ3n) is 1.61. The van der Waals surface area contributed by atoms with Crippen molar-refractivity contribution in [1.29, 1.82) is 0 Å². The fourth-order valence-electron chi connectivity index (χ4n) is 0.957. The van der Waals surface area contributed by atoms with Gasteiger partial charge in [-0.2, -0.15) is 0 Å². The molecule has 2 unspecified atom stereocenters. The van der Waals surface area contributed by atoms with Crippen LogP contribution in [0, 0.1) is 0 Å². The maximum Gasteiger partial charge on any atom is 0.250 e. The van der Waals surface area contributed by atoms with Crippen molar-refractivity contribution in [3.8, 4) is 0 Å². The summed E-state index contributed by atoms with van der Waals surface area (Å²) in [5.41, 5.74) is 6.15. The number of nitrogens with two attached hydrogens (primary N) is 1. The first-order valence-electron chi connectivity index (χ1n) is 3.75. The van der Waals surface area contributed by atoms with Gasteiger partial charge in [-0.25, -0.2) is 0 Å². The molecule has 1 rings (SSSR count). The van der Waals surface area contributed by atoms with Gasteiger partial charge in [0.15, 0.2) is 0 Å². The summed E-state index contributed by atoms with van der Waals surface area (Å²) in [5.74, 6) is 0. The Balaban J connectivity index is 2.66. The van der Waals surface area contributed by atoms with Crippen LogP contribution < -0.4 is 5.50 Å². The highest BCUT2D eigenvalue weighted by Gasteiger charge is 2.08. The zero-order valence-corrected chi connectivity index (χ0v) is 9.63. The van der Waals surface area contributed by atoms with Gasteiger partial charge in [-0.05, 0) is 24.6 Å². The van der Waals surface area contributed by atoms with Gasteiger partial charge in [-0.3, -0.25) is 5.50 Å². The van der Waals surface area contributed by atoms with Crippen LogP contribution in [0.5, 0.6) is 0 Å². The second-order valence-electron chi connectivity index (χ2n) is 2.60. The quantitative estimate of drug-likeness (QED) is 0.825. The topological polar surface area (TPSA) is 55.5 Å². The Morgan fingerprint density at radius 1 is 1.46 bits per heavy atom. The summed E-state index contributed by atoms with van der Waals surface area (Å²) in [6, 6.07) is 7.69. The highest BCUT2D eigenvalue weighted by molar-refractivity contribution is 9.10. The molecule has 0 radical (unpaired) electrons. The van der Waals surface area contributed by atoms with Crippen LogP contribution in [0.1, 0.15) is 18.6 Å². The Labute approximate surface area is 87.0 Å². The summed E-state index contributed by atoms with van der Waals surface area (Å²) in [6.45, 7) is 1.85. The number of halogens is 1. The third kappa shape index (κ3) is 3.71. The molecule has 2 atom stereocenters. The highest BCUT2D eigenvalue weighted by Crippen LogP contribution is 2.31. The average Bonchev–Trinajstić information content (AvgIpc) is 2.04. The van der Waals surface area contributed by atoms with Crippen LogP contribution >= 0.6 is 24.5 Å². The van der Waals surface area contributed by atoms with E-state index in [2.05, 4.69) is 15.9 Å². The lowest BCUT2D eigenvalue weighted by Gasteiger charge is -2.13. The van der Waals surface area contributed by atoms with Gasteiger partial charge in [0.05, 0.1) is 6.10 Å². The second kappa shape index (κ2) is 5.03. The fourth-order valence-corrected chi connectivity index (χ4v) is 1.67. The van der Waals surface area contributed by atoms with E-state index in [0.717, 1.165) is 10.0 Å². The summed E-state index contributed by atoms with van der Waals surface area (Å²) in [5, 5.41) is 0. The molecule has 0 fully saturated rings. The van der Waals surface area contributed by atoms with Crippen LogP contribution in [0.4, 0.5) is 0 Å². The zero-order valence-electron chi connectivity index (χ0n) is 7.14. The normalized spacial score (nSPS) is 15.4. The lowest BCUT2D eigenvalue weighted by Crippen LogP contribution is -1.99. The number of hydrogen-bond acceptors (Lipinski definition) is 3. The smallest absolute Gasteiger partial charge is 0.250 e. The first kappa shape index (κ1) is 11.1. The van der Waals surface area contributed by atoms with E-state index < -0.39 is 8.53 Å². The molecule has 0 amide bonds. The predicted molar refractivity (Wildman–Crippen MR) is 57.0 cm³/mol. The Morgan fingerprint density at radius 2 is 2.00 bits per heavy atom. The molecule has 13 heavy (non-hydrogen) atoms. The van der Waals surface area contributed by atoms with E-state index in [4.69, 9.17) is 14.9 Å². The standard InChI is InChI=1S/C8H11BrNO2P/c1-6(12-13(10)11)7-2-4-8(9)5-3-7/h2-6,11H,10H2,1H3. The molecule has 0 spiro atoms. The number of rotatable bonds is 3. The molecule has 3 N–H and O–H groups in total. The van der Waals surface area contributed by atoms with Crippen molar-refractivity contribution >= 4 is 24.5 Å². The van der Waals surface area contributed by atoms with Gasteiger partial charge in [0.25, 0.3) is 8.53 Å². The Morgan fingerprint density at radius 3 is 2.46 bits per heavy atom. The summed E-state index contributed by atoms with van der Waals surface area (Å²) in [4.78, 5) is 8.85. The van der Waals surface area contributed by atoms with Crippen LogP contribution in [-0.2, 0) is 4.52 Å². The first-order valence-corrected chi connectivity index (χ1v) is 5.83. The fraction of sp³-hybridized carbons (Fsp3) is 0.250. The molecule has 0 aliphatic heterocycles. The molecule has 0 saturated heterocycles. The van der Waals surface area contributed by atoms with Gasteiger partial charge in [-0.15, -0.1) is 0 Å². The van der Waals surface area contributed by atoms with Crippen LogP contribution in [0.25, 0.3) is 0 Å². The highest BCUT2D eigenvalue weighted by atomic mass is 79.9. The summed E-state index contributed by atoms with van der Waals surface area (Å²) in [7, 11) is -1.78. The van der Waals surface area contributed by atoms with Gasteiger partial charge in [0.1, 0.15) is 0 Å². The summed E-state index contributed by atoms with van der Waals surface area (Å²) >= 11 is 3.33. The first-order chi connectivity index (χ1) is 6.09. The van der Waals surface area contributed by atoms with Gasteiger partial charge < -0.3 is 9.42 Å². The summed E-state index contributed by atoms with van der Waals surface area (Å²) < 4.78 is 6.08. The van der Waals surface area contributed by atoms with Crippen molar-refractivity contribution in [1.82, 2.24) is 0 Å². The van der Waals surface area contributed by atoms with Crippen molar-refractivity contribution < 1.29 is 9.42 Å². The van der Waals surface area contributed by atoms with E-state index in [-0.39, 0.29) is 6.10 Å². The molecule has 0 aliphatic rings. The second-order valence-corrected chi connectivity index (χ2v) is 4.33. The predicted octanol–water partition coefficient (Wildman–Crippen LogP) is 2.70. The maximum atomic E-state index is 8.85. The lowest BCUT2D eigenvalue weighted by atomic mass is 10.1.